The molecule has 7 rings (SSSR count). The van der Waals surface area contributed by atoms with Crippen LogP contribution in [0, 0.1) is 0 Å². The van der Waals surface area contributed by atoms with Gasteiger partial charge in [-0.15, -0.1) is 0 Å². The van der Waals surface area contributed by atoms with Crippen molar-refractivity contribution in [1.82, 2.24) is 29.2 Å². The molecule has 0 unspecified atom stereocenters. The Balaban J connectivity index is 1.16. The Morgan fingerprint density at radius 3 is 2.52 bits per heavy atom. The first-order valence-electron chi connectivity index (χ1n) is 14.2. The molecule has 0 radical (unpaired) electrons. The quantitative estimate of drug-likeness (QED) is 0.325. The molecule has 0 atom stereocenters. The Bertz CT molecular complexity index is 1640. The molecule has 0 bridgehead atoms. The maximum Gasteiger partial charge on any atom is 0.150 e. The predicted molar refractivity (Wildman–Crippen MR) is 159 cm³/mol. The van der Waals surface area contributed by atoms with Gasteiger partial charge in [0.2, 0.25) is 0 Å². The highest BCUT2D eigenvalue weighted by molar-refractivity contribution is 5.91. The Morgan fingerprint density at radius 2 is 1.73 bits per heavy atom. The van der Waals surface area contributed by atoms with Gasteiger partial charge in [-0.25, -0.2) is 15.0 Å². The van der Waals surface area contributed by atoms with Crippen molar-refractivity contribution >= 4 is 22.2 Å². The van der Waals surface area contributed by atoms with Crippen LogP contribution in [0.1, 0.15) is 24.6 Å². The van der Waals surface area contributed by atoms with E-state index in [1.54, 1.807) is 13.3 Å². The fourth-order valence-corrected chi connectivity index (χ4v) is 6.28. The van der Waals surface area contributed by atoms with Gasteiger partial charge in [0, 0.05) is 80.7 Å². The van der Waals surface area contributed by atoms with E-state index in [0.717, 1.165) is 96.9 Å². The number of piperazine rings is 1. The zero-order valence-corrected chi connectivity index (χ0v) is 22.9. The van der Waals surface area contributed by atoms with E-state index in [-0.39, 0.29) is 0 Å². The van der Waals surface area contributed by atoms with Crippen LogP contribution in [0.2, 0.25) is 0 Å². The van der Waals surface area contributed by atoms with Gasteiger partial charge in [-0.3, -0.25) is 14.2 Å². The van der Waals surface area contributed by atoms with E-state index in [0.29, 0.717) is 17.8 Å². The van der Waals surface area contributed by atoms with Crippen LogP contribution >= 0.6 is 0 Å². The van der Waals surface area contributed by atoms with Crippen molar-refractivity contribution in [1.29, 1.82) is 0 Å². The number of ether oxygens (including phenoxy) is 1. The molecule has 204 valence electrons. The molecular formula is C32H35N7O. The second kappa shape index (κ2) is 10.6. The van der Waals surface area contributed by atoms with E-state index in [4.69, 9.17) is 20.4 Å². The number of rotatable bonds is 7. The molecule has 1 aliphatic carbocycles. The van der Waals surface area contributed by atoms with Gasteiger partial charge in [0.25, 0.3) is 0 Å². The predicted octanol–water partition coefficient (Wildman–Crippen LogP) is 4.70. The molecule has 5 aromatic rings. The molecule has 1 saturated carbocycles. The van der Waals surface area contributed by atoms with Crippen LogP contribution in [0.15, 0.2) is 73.1 Å². The summed E-state index contributed by atoms with van der Waals surface area (Å²) in [4.78, 5) is 19.8. The van der Waals surface area contributed by atoms with Crippen molar-refractivity contribution in [3.63, 3.8) is 0 Å². The lowest BCUT2D eigenvalue weighted by Crippen LogP contribution is -2.54. The van der Waals surface area contributed by atoms with Gasteiger partial charge < -0.3 is 10.5 Å². The lowest BCUT2D eigenvalue weighted by atomic mass is 9.78. The normalized spacial score (nSPS) is 20.2. The van der Waals surface area contributed by atoms with Crippen LogP contribution in [-0.2, 0) is 4.74 Å². The fourth-order valence-electron chi connectivity index (χ4n) is 6.28. The van der Waals surface area contributed by atoms with Gasteiger partial charge in [0.15, 0.2) is 0 Å². The van der Waals surface area contributed by atoms with Gasteiger partial charge in [-0.05, 0) is 25.0 Å². The van der Waals surface area contributed by atoms with Gasteiger partial charge in [0.1, 0.15) is 22.9 Å². The van der Waals surface area contributed by atoms with Crippen molar-refractivity contribution < 1.29 is 4.74 Å². The number of fused-ring (bicyclic) bond motifs is 2. The molecule has 1 aliphatic heterocycles. The van der Waals surface area contributed by atoms with Crippen LogP contribution in [0.3, 0.4) is 0 Å². The maximum atomic E-state index is 6.46. The number of aromatic nitrogens is 4. The standard InChI is InChI=1S/C32H35N7O/c1-40-18-17-37-13-15-38(16-14-37)26-19-25(20-26)32-36-29(30-31(33)34-11-12-39(30)32)24-8-7-23-9-10-27(35-28(23)21-24)22-5-3-2-4-6-22/h2-12,21,25-26H,13-20H2,1H3,(H2,33,34)/t25-,26+. The summed E-state index contributed by atoms with van der Waals surface area (Å²) in [5, 5.41) is 1.10. The Labute approximate surface area is 234 Å². The average Bonchev–Trinajstić information content (AvgIpc) is 3.36. The van der Waals surface area contributed by atoms with Crippen molar-refractivity contribution in [2.75, 3.05) is 52.2 Å². The summed E-state index contributed by atoms with van der Waals surface area (Å²) in [6.07, 6.45) is 6.03. The third-order valence-corrected chi connectivity index (χ3v) is 8.66. The van der Waals surface area contributed by atoms with Crippen LogP contribution in [0.5, 0.6) is 0 Å². The molecule has 8 nitrogen and oxygen atoms in total. The topological polar surface area (TPSA) is 84.8 Å². The highest BCUT2D eigenvalue weighted by Gasteiger charge is 2.38. The second-order valence-corrected chi connectivity index (χ2v) is 11.0. The zero-order chi connectivity index (χ0) is 27.1. The number of benzene rings is 2. The van der Waals surface area contributed by atoms with Crippen LogP contribution in [-0.4, -0.2) is 81.6 Å². The maximum absolute atomic E-state index is 6.46. The number of hydrogen-bond donors (Lipinski definition) is 1. The highest BCUT2D eigenvalue weighted by atomic mass is 16.5. The summed E-state index contributed by atoms with van der Waals surface area (Å²) >= 11 is 0. The van der Waals surface area contributed by atoms with Crippen LogP contribution in [0.4, 0.5) is 5.82 Å². The summed E-state index contributed by atoms with van der Waals surface area (Å²) in [5.41, 5.74) is 12.2. The summed E-state index contributed by atoms with van der Waals surface area (Å²) in [6, 6.07) is 21.5. The van der Waals surface area contributed by atoms with E-state index < -0.39 is 0 Å². The summed E-state index contributed by atoms with van der Waals surface area (Å²) in [5.74, 6) is 1.99. The van der Waals surface area contributed by atoms with Crippen molar-refractivity contribution in [3.8, 4) is 22.5 Å². The number of imidazole rings is 1. The Kier molecular flexibility index (Phi) is 6.67. The molecule has 4 heterocycles. The van der Waals surface area contributed by atoms with Gasteiger partial charge in [-0.1, -0.05) is 48.5 Å². The van der Waals surface area contributed by atoms with E-state index in [9.17, 15) is 0 Å². The number of nitrogens with zero attached hydrogens (tertiary/aromatic N) is 6. The highest BCUT2D eigenvalue weighted by Crippen LogP contribution is 2.42. The van der Waals surface area contributed by atoms with E-state index in [1.165, 1.54) is 0 Å². The first-order chi connectivity index (χ1) is 19.7. The fraction of sp³-hybridized carbons (Fsp3) is 0.344. The Morgan fingerprint density at radius 1 is 0.925 bits per heavy atom. The minimum Gasteiger partial charge on any atom is -0.383 e. The van der Waals surface area contributed by atoms with E-state index >= 15 is 0 Å². The molecule has 3 aromatic heterocycles. The third-order valence-electron chi connectivity index (χ3n) is 8.66. The molecular weight excluding hydrogens is 498 g/mol. The monoisotopic (exact) mass is 533 g/mol. The van der Waals surface area contributed by atoms with E-state index in [1.807, 2.05) is 24.4 Å². The van der Waals surface area contributed by atoms with Crippen molar-refractivity contribution in [2.45, 2.75) is 24.8 Å². The molecule has 40 heavy (non-hydrogen) atoms. The first kappa shape index (κ1) is 25.1. The second-order valence-electron chi connectivity index (χ2n) is 11.0. The molecule has 0 amide bonds. The number of methoxy groups -OCH3 is 1. The van der Waals surface area contributed by atoms with Gasteiger partial charge in [0.05, 0.1) is 17.8 Å². The molecule has 2 aliphatic rings. The average molecular weight is 534 g/mol. The summed E-state index contributed by atoms with van der Waals surface area (Å²) in [6.45, 7) is 6.31. The minimum atomic E-state index is 0.405. The molecule has 2 N–H and O–H groups in total. The first-order valence-corrected chi connectivity index (χ1v) is 14.2. The molecule has 0 spiro atoms. The van der Waals surface area contributed by atoms with E-state index in [2.05, 4.69) is 61.6 Å². The van der Waals surface area contributed by atoms with Crippen LogP contribution < -0.4 is 5.73 Å². The van der Waals surface area contributed by atoms with Gasteiger partial charge >= 0.3 is 0 Å². The van der Waals surface area contributed by atoms with Crippen molar-refractivity contribution in [2.24, 2.45) is 0 Å². The largest absolute Gasteiger partial charge is 0.383 e. The number of hydrogen-bond acceptors (Lipinski definition) is 7. The number of nitrogens with two attached hydrogens (primary N) is 1. The number of nitrogen functional groups attached to an aromatic ring is 1. The molecule has 8 heteroatoms. The lowest BCUT2D eigenvalue weighted by molar-refractivity contribution is 0.0401. The number of pyridine rings is 1. The SMILES string of the molecule is COCCN1CCN([C@H]2C[C@@H](c3nc(-c4ccc5ccc(-c6ccccc6)nc5c4)c4c(N)nccn43)C2)CC1. The third kappa shape index (κ3) is 4.62. The van der Waals surface area contributed by atoms with Crippen molar-refractivity contribution in [3.05, 3.63) is 78.9 Å². The summed E-state index contributed by atoms with van der Waals surface area (Å²) < 4.78 is 7.42. The zero-order valence-electron chi connectivity index (χ0n) is 22.9. The van der Waals surface area contributed by atoms with Gasteiger partial charge in [-0.2, -0.15) is 0 Å². The molecule has 2 fully saturated rings. The Hall–Kier alpha value is -3.85. The minimum absolute atomic E-state index is 0.405. The van der Waals surface area contributed by atoms with Crippen LogP contribution in [0.25, 0.3) is 38.9 Å². The summed E-state index contributed by atoms with van der Waals surface area (Å²) in [7, 11) is 1.78. The smallest absolute Gasteiger partial charge is 0.150 e. The number of anilines is 1. The lowest BCUT2D eigenvalue weighted by Gasteiger charge is -2.46. The molecule has 2 aromatic carbocycles. The molecule has 1 saturated heterocycles.